The van der Waals surface area contributed by atoms with Crippen LogP contribution in [0, 0.1) is 0 Å². The lowest BCUT2D eigenvalue weighted by Gasteiger charge is -2.01. The van der Waals surface area contributed by atoms with Crippen molar-refractivity contribution in [3.05, 3.63) is 24.6 Å². The molecule has 8 heavy (non-hydrogen) atoms. The van der Waals surface area contributed by atoms with Crippen molar-refractivity contribution < 1.29 is 4.90 Å². The molecule has 0 amide bonds. The summed E-state index contributed by atoms with van der Waals surface area (Å²) in [5, 5.41) is 0. The Hall–Kier alpha value is -0.560. The molecule has 0 bridgehead atoms. The summed E-state index contributed by atoms with van der Waals surface area (Å²) < 4.78 is 0. The van der Waals surface area contributed by atoms with Gasteiger partial charge in [0.2, 0.25) is 0 Å². The van der Waals surface area contributed by atoms with Gasteiger partial charge in [0, 0.05) is 0 Å². The summed E-state index contributed by atoms with van der Waals surface area (Å²) in [6.07, 6.45) is 9.77. The van der Waals surface area contributed by atoms with Crippen LogP contribution >= 0.6 is 0 Å². The maximum absolute atomic E-state index is 2.20. The van der Waals surface area contributed by atoms with Gasteiger partial charge in [-0.25, -0.2) is 0 Å². The van der Waals surface area contributed by atoms with E-state index in [0.717, 1.165) is 0 Å². The van der Waals surface area contributed by atoms with Crippen LogP contribution < -0.4 is 4.90 Å². The predicted octanol–water partition coefficient (Wildman–Crippen LogP) is 0.322. The van der Waals surface area contributed by atoms with Crippen LogP contribution in [0.25, 0.3) is 0 Å². The lowest BCUT2D eigenvalue weighted by molar-refractivity contribution is -0.787. The van der Waals surface area contributed by atoms with E-state index >= 15 is 0 Å². The molecule has 44 valence electrons. The van der Waals surface area contributed by atoms with Crippen LogP contribution in [0.5, 0.6) is 0 Å². The van der Waals surface area contributed by atoms with Crippen molar-refractivity contribution in [2.75, 3.05) is 6.54 Å². The first-order valence-electron chi connectivity index (χ1n) is 3.14. The number of rotatable bonds is 2. The molecule has 0 radical (unpaired) electrons. The summed E-state index contributed by atoms with van der Waals surface area (Å²) in [7, 11) is 0. The third-order valence-electron chi connectivity index (χ3n) is 1.27. The smallest absolute Gasteiger partial charge is 0.0990 e. The summed E-state index contributed by atoms with van der Waals surface area (Å²) in [5.74, 6) is 0. The van der Waals surface area contributed by atoms with E-state index in [4.69, 9.17) is 0 Å². The summed E-state index contributed by atoms with van der Waals surface area (Å²) >= 11 is 0. The van der Waals surface area contributed by atoms with E-state index in [0.29, 0.717) is 0 Å². The maximum Gasteiger partial charge on any atom is 0.0990 e. The monoisotopic (exact) mass is 110 g/mol. The molecule has 1 heteroatoms. The van der Waals surface area contributed by atoms with Crippen molar-refractivity contribution >= 4 is 0 Å². The second-order valence-electron chi connectivity index (χ2n) is 2.04. The molecule has 0 saturated heterocycles. The fourth-order valence-electron chi connectivity index (χ4n) is 0.869. The van der Waals surface area contributed by atoms with E-state index in [9.17, 15) is 0 Å². The normalized spacial score (nSPS) is 18.1. The van der Waals surface area contributed by atoms with E-state index in [2.05, 4.69) is 31.5 Å². The van der Waals surface area contributed by atoms with Gasteiger partial charge in [-0.1, -0.05) is 6.92 Å². The van der Waals surface area contributed by atoms with E-state index in [1.165, 1.54) is 17.9 Å². The van der Waals surface area contributed by atoms with Crippen molar-refractivity contribution in [2.45, 2.75) is 13.3 Å². The summed E-state index contributed by atoms with van der Waals surface area (Å²) in [4.78, 5) is 1.47. The quantitative estimate of drug-likeness (QED) is 0.522. The van der Waals surface area contributed by atoms with Gasteiger partial charge in [0.05, 0.1) is 18.9 Å². The second-order valence-corrected chi connectivity index (χ2v) is 2.04. The molecule has 0 saturated carbocycles. The average molecular weight is 110 g/mol. The number of quaternary nitrogens is 1. The van der Waals surface area contributed by atoms with Crippen molar-refractivity contribution in [1.82, 2.24) is 0 Å². The van der Waals surface area contributed by atoms with E-state index in [1.807, 2.05) is 0 Å². The van der Waals surface area contributed by atoms with E-state index in [-0.39, 0.29) is 0 Å². The highest BCUT2D eigenvalue weighted by atomic mass is 15.1. The van der Waals surface area contributed by atoms with Crippen molar-refractivity contribution in [1.29, 1.82) is 0 Å². The van der Waals surface area contributed by atoms with Gasteiger partial charge in [0.15, 0.2) is 0 Å². The van der Waals surface area contributed by atoms with Crippen LogP contribution in [0.1, 0.15) is 13.3 Å². The molecule has 1 rings (SSSR count). The number of nitrogens with one attached hydrogen (secondary N) is 1. The second kappa shape index (κ2) is 2.68. The molecule has 0 atom stereocenters. The van der Waals surface area contributed by atoms with Gasteiger partial charge < -0.3 is 0 Å². The summed E-state index contributed by atoms with van der Waals surface area (Å²) in [6.45, 7) is 3.43. The Labute approximate surface area is 50.3 Å². The first-order valence-corrected chi connectivity index (χ1v) is 3.14. The maximum atomic E-state index is 2.20. The summed E-state index contributed by atoms with van der Waals surface area (Å²) in [6, 6.07) is 0. The van der Waals surface area contributed by atoms with Crippen molar-refractivity contribution in [3.8, 4) is 0 Å². The third kappa shape index (κ3) is 1.20. The van der Waals surface area contributed by atoms with Crippen LogP contribution in [0.2, 0.25) is 0 Å². The van der Waals surface area contributed by atoms with Gasteiger partial charge in [0.25, 0.3) is 0 Å². The molecule has 0 aliphatic carbocycles. The number of hydrogen-bond acceptors (Lipinski definition) is 0. The number of allylic oxidation sites excluding steroid dienone is 2. The minimum Gasteiger partial charge on any atom is -0.282 e. The fourth-order valence-corrected chi connectivity index (χ4v) is 0.869. The van der Waals surface area contributed by atoms with Gasteiger partial charge in [-0.3, -0.25) is 4.90 Å². The Bertz CT molecular complexity index is 102. The minimum absolute atomic E-state index is 1.23. The molecule has 0 aromatic rings. The molecule has 1 aliphatic rings. The molecular formula is C7H12N+. The molecule has 0 aromatic heterocycles. The molecule has 0 aromatic carbocycles. The third-order valence-corrected chi connectivity index (χ3v) is 1.27. The zero-order valence-corrected chi connectivity index (χ0v) is 5.22. The highest BCUT2D eigenvalue weighted by Crippen LogP contribution is 1.76. The zero-order chi connectivity index (χ0) is 5.82. The molecule has 1 heterocycles. The van der Waals surface area contributed by atoms with E-state index < -0.39 is 0 Å². The zero-order valence-electron chi connectivity index (χ0n) is 5.22. The van der Waals surface area contributed by atoms with Crippen molar-refractivity contribution in [2.24, 2.45) is 0 Å². The molecular weight excluding hydrogens is 98.1 g/mol. The highest BCUT2D eigenvalue weighted by molar-refractivity contribution is 5.00. The van der Waals surface area contributed by atoms with Crippen LogP contribution in [0.4, 0.5) is 0 Å². The Morgan fingerprint density at radius 2 is 1.88 bits per heavy atom. The Morgan fingerprint density at radius 1 is 1.25 bits per heavy atom. The van der Waals surface area contributed by atoms with Crippen LogP contribution in [0.3, 0.4) is 0 Å². The van der Waals surface area contributed by atoms with Gasteiger partial charge in [-0.15, -0.1) is 0 Å². The molecule has 1 aliphatic heterocycles. The molecule has 1 nitrogen and oxygen atoms in total. The predicted molar refractivity (Wildman–Crippen MR) is 34.4 cm³/mol. The summed E-state index contributed by atoms with van der Waals surface area (Å²) in [5.41, 5.74) is 0. The first kappa shape index (κ1) is 5.57. The average Bonchev–Trinajstić information content (AvgIpc) is 2.19. The fraction of sp³-hybridized carbons (Fsp3) is 0.429. The lowest BCUT2D eigenvalue weighted by atomic mass is 10.4. The Morgan fingerprint density at radius 3 is 2.38 bits per heavy atom. The van der Waals surface area contributed by atoms with Gasteiger partial charge in [0.1, 0.15) is 0 Å². The topological polar surface area (TPSA) is 4.44 Å². The Kier molecular flexibility index (Phi) is 1.86. The van der Waals surface area contributed by atoms with Gasteiger partial charge in [-0.05, 0) is 18.6 Å². The molecule has 0 spiro atoms. The first-order chi connectivity index (χ1) is 3.93. The van der Waals surface area contributed by atoms with Gasteiger partial charge >= 0.3 is 0 Å². The lowest BCUT2D eigenvalue weighted by Crippen LogP contribution is -3.01. The number of hydrogen-bond donors (Lipinski definition) is 1. The Balaban J connectivity index is 2.27. The molecule has 1 N–H and O–H groups in total. The van der Waals surface area contributed by atoms with E-state index in [1.54, 1.807) is 0 Å². The SMILES string of the molecule is CCC[NH+]1C=CC=C1. The standard InChI is InChI=1S/C7H11N/c1-2-5-8-6-3-4-7-8/h3-4,6-7H,2,5H2,1H3/p+1. The minimum atomic E-state index is 1.23. The van der Waals surface area contributed by atoms with Crippen LogP contribution in [-0.4, -0.2) is 6.54 Å². The van der Waals surface area contributed by atoms with Crippen LogP contribution in [-0.2, 0) is 0 Å². The van der Waals surface area contributed by atoms with Crippen molar-refractivity contribution in [3.63, 3.8) is 0 Å². The molecule has 0 fully saturated rings. The van der Waals surface area contributed by atoms with Gasteiger partial charge in [-0.2, -0.15) is 0 Å². The highest BCUT2D eigenvalue weighted by Gasteiger charge is 1.99. The largest absolute Gasteiger partial charge is 0.282 e. The van der Waals surface area contributed by atoms with Crippen LogP contribution in [0.15, 0.2) is 24.6 Å². The molecule has 0 unspecified atom stereocenters.